The molecule has 1 spiro atoms. The molecule has 0 atom stereocenters. The van der Waals surface area contributed by atoms with Gasteiger partial charge in [-0.2, -0.15) is 0 Å². The number of nitrogens with zero attached hydrogens (tertiary/aromatic N) is 2. The molecule has 0 radical (unpaired) electrons. The number of amides is 1. The van der Waals surface area contributed by atoms with Crippen molar-refractivity contribution in [2.45, 2.75) is 19.3 Å². The summed E-state index contributed by atoms with van der Waals surface area (Å²) in [6, 6.07) is 3.66. The molecular formula is C14H21Cl2N3O. The summed E-state index contributed by atoms with van der Waals surface area (Å²) in [6.07, 6.45) is 6.88. The van der Waals surface area contributed by atoms with E-state index in [0.717, 1.165) is 39.0 Å². The van der Waals surface area contributed by atoms with Gasteiger partial charge in [-0.15, -0.1) is 24.8 Å². The van der Waals surface area contributed by atoms with Crippen molar-refractivity contribution in [3.05, 3.63) is 30.1 Å². The third kappa shape index (κ3) is 3.43. The summed E-state index contributed by atoms with van der Waals surface area (Å²) >= 11 is 0. The molecule has 1 N–H and O–H groups in total. The first kappa shape index (κ1) is 17.2. The molecule has 0 bridgehead atoms. The van der Waals surface area contributed by atoms with E-state index < -0.39 is 0 Å². The number of likely N-dealkylation sites (tertiary alicyclic amines) is 1. The van der Waals surface area contributed by atoms with Gasteiger partial charge in [-0.3, -0.25) is 9.78 Å². The van der Waals surface area contributed by atoms with Gasteiger partial charge in [0.1, 0.15) is 0 Å². The lowest BCUT2D eigenvalue weighted by atomic mass is 9.78. The Morgan fingerprint density at radius 2 is 2.00 bits per heavy atom. The van der Waals surface area contributed by atoms with Crippen LogP contribution in [-0.4, -0.2) is 42.0 Å². The number of carbonyl (C=O) groups is 1. The van der Waals surface area contributed by atoms with Gasteiger partial charge in [0.05, 0.1) is 5.56 Å². The van der Waals surface area contributed by atoms with E-state index in [4.69, 9.17) is 0 Å². The van der Waals surface area contributed by atoms with Gasteiger partial charge in [0.15, 0.2) is 0 Å². The molecule has 2 aliphatic heterocycles. The third-order valence-corrected chi connectivity index (χ3v) is 4.35. The predicted molar refractivity (Wildman–Crippen MR) is 83.8 cm³/mol. The van der Waals surface area contributed by atoms with Gasteiger partial charge in [-0.1, -0.05) is 0 Å². The third-order valence-electron chi connectivity index (χ3n) is 4.35. The second-order valence-electron chi connectivity index (χ2n) is 5.46. The molecule has 0 aliphatic carbocycles. The molecule has 2 saturated heterocycles. The molecule has 112 valence electrons. The first-order valence-electron chi connectivity index (χ1n) is 6.69. The molecule has 0 saturated carbocycles. The minimum absolute atomic E-state index is 0. The SMILES string of the molecule is Cl.Cl.O=C(c1cccnc1)N1CCC2(CCNC2)CC1. The van der Waals surface area contributed by atoms with Crippen LogP contribution in [0.25, 0.3) is 0 Å². The summed E-state index contributed by atoms with van der Waals surface area (Å²) < 4.78 is 0. The van der Waals surface area contributed by atoms with Crippen molar-refractivity contribution in [3.63, 3.8) is 0 Å². The van der Waals surface area contributed by atoms with Crippen molar-refractivity contribution >= 4 is 30.7 Å². The lowest BCUT2D eigenvalue weighted by molar-refractivity contribution is 0.0607. The highest BCUT2D eigenvalue weighted by molar-refractivity contribution is 5.93. The summed E-state index contributed by atoms with van der Waals surface area (Å²) in [5.74, 6) is 0.129. The van der Waals surface area contributed by atoms with Crippen molar-refractivity contribution in [1.29, 1.82) is 0 Å². The number of piperidine rings is 1. The quantitative estimate of drug-likeness (QED) is 0.863. The maximum absolute atomic E-state index is 12.3. The number of halogens is 2. The van der Waals surface area contributed by atoms with Crippen LogP contribution in [0.15, 0.2) is 24.5 Å². The van der Waals surface area contributed by atoms with Crippen LogP contribution in [0.2, 0.25) is 0 Å². The van der Waals surface area contributed by atoms with Crippen molar-refractivity contribution in [2.75, 3.05) is 26.2 Å². The van der Waals surface area contributed by atoms with Crippen LogP contribution in [0.1, 0.15) is 29.6 Å². The molecule has 20 heavy (non-hydrogen) atoms. The highest BCUT2D eigenvalue weighted by Gasteiger charge is 2.38. The van der Waals surface area contributed by atoms with Crippen molar-refractivity contribution in [2.24, 2.45) is 5.41 Å². The number of carbonyl (C=O) groups excluding carboxylic acids is 1. The first-order chi connectivity index (χ1) is 8.79. The Labute approximate surface area is 132 Å². The smallest absolute Gasteiger partial charge is 0.255 e. The van der Waals surface area contributed by atoms with E-state index in [0.29, 0.717) is 11.0 Å². The number of hydrogen-bond acceptors (Lipinski definition) is 3. The maximum atomic E-state index is 12.3. The highest BCUT2D eigenvalue weighted by atomic mass is 35.5. The fourth-order valence-corrected chi connectivity index (χ4v) is 3.08. The van der Waals surface area contributed by atoms with Gasteiger partial charge in [0.2, 0.25) is 0 Å². The van der Waals surface area contributed by atoms with Gasteiger partial charge in [-0.25, -0.2) is 0 Å². The van der Waals surface area contributed by atoms with Gasteiger partial charge < -0.3 is 10.2 Å². The topological polar surface area (TPSA) is 45.2 Å². The molecule has 1 aromatic rings. The van der Waals surface area contributed by atoms with Crippen LogP contribution in [-0.2, 0) is 0 Å². The fraction of sp³-hybridized carbons (Fsp3) is 0.571. The zero-order valence-corrected chi connectivity index (χ0v) is 13.0. The minimum Gasteiger partial charge on any atom is -0.339 e. The molecular weight excluding hydrogens is 297 g/mol. The summed E-state index contributed by atoms with van der Waals surface area (Å²) in [5, 5.41) is 3.45. The second-order valence-corrected chi connectivity index (χ2v) is 5.46. The molecule has 6 heteroatoms. The van der Waals surface area contributed by atoms with E-state index in [9.17, 15) is 4.79 Å². The summed E-state index contributed by atoms with van der Waals surface area (Å²) in [7, 11) is 0. The predicted octanol–water partition coefficient (Wildman–Crippen LogP) is 2.14. The molecule has 2 aliphatic rings. The standard InChI is InChI=1S/C14H19N3O.2ClH/c18-13(12-2-1-6-15-10-12)17-8-4-14(5-9-17)3-7-16-11-14;;/h1-2,6,10,16H,3-5,7-9,11H2;2*1H. The van der Waals surface area contributed by atoms with Crippen LogP contribution in [0, 0.1) is 5.41 Å². The minimum atomic E-state index is 0. The second kappa shape index (κ2) is 7.25. The number of nitrogens with one attached hydrogen (secondary N) is 1. The van der Waals surface area contributed by atoms with E-state index in [1.54, 1.807) is 12.4 Å². The average Bonchev–Trinajstić information content (AvgIpc) is 2.88. The van der Waals surface area contributed by atoms with Gasteiger partial charge in [0, 0.05) is 32.0 Å². The molecule has 0 aromatic carbocycles. The number of pyridine rings is 1. The Hall–Kier alpha value is -0.840. The first-order valence-corrected chi connectivity index (χ1v) is 6.69. The Bertz CT molecular complexity index is 425. The average molecular weight is 318 g/mol. The highest BCUT2D eigenvalue weighted by Crippen LogP contribution is 2.37. The Balaban J connectivity index is 0.000001000. The molecule has 0 unspecified atom stereocenters. The largest absolute Gasteiger partial charge is 0.339 e. The number of aromatic nitrogens is 1. The molecule has 1 aromatic heterocycles. The van der Waals surface area contributed by atoms with Crippen molar-refractivity contribution in [3.8, 4) is 0 Å². The van der Waals surface area contributed by atoms with Crippen LogP contribution in [0.5, 0.6) is 0 Å². The van der Waals surface area contributed by atoms with Gasteiger partial charge in [0.25, 0.3) is 5.91 Å². The van der Waals surface area contributed by atoms with Crippen LogP contribution >= 0.6 is 24.8 Å². The molecule has 2 fully saturated rings. The van der Waals surface area contributed by atoms with Crippen LogP contribution in [0.3, 0.4) is 0 Å². The zero-order chi connectivity index (χ0) is 12.4. The maximum Gasteiger partial charge on any atom is 0.255 e. The van der Waals surface area contributed by atoms with Crippen molar-refractivity contribution < 1.29 is 4.79 Å². The van der Waals surface area contributed by atoms with E-state index in [2.05, 4.69) is 10.3 Å². The Kier molecular flexibility index (Phi) is 6.24. The number of hydrogen-bond donors (Lipinski definition) is 1. The van der Waals surface area contributed by atoms with Crippen LogP contribution in [0.4, 0.5) is 0 Å². The molecule has 3 rings (SSSR count). The Morgan fingerprint density at radius 1 is 1.25 bits per heavy atom. The van der Waals surface area contributed by atoms with E-state index in [1.807, 2.05) is 17.0 Å². The normalized spacial score (nSPS) is 20.1. The zero-order valence-electron chi connectivity index (χ0n) is 11.4. The summed E-state index contributed by atoms with van der Waals surface area (Å²) in [6.45, 7) is 4.03. The number of rotatable bonds is 1. The van der Waals surface area contributed by atoms with E-state index in [-0.39, 0.29) is 30.7 Å². The van der Waals surface area contributed by atoms with Crippen molar-refractivity contribution in [1.82, 2.24) is 15.2 Å². The summed E-state index contributed by atoms with van der Waals surface area (Å²) in [5.41, 5.74) is 1.17. The monoisotopic (exact) mass is 317 g/mol. The molecule has 3 heterocycles. The van der Waals surface area contributed by atoms with Gasteiger partial charge in [-0.05, 0) is 43.4 Å². The molecule has 1 amide bonds. The molecule has 4 nitrogen and oxygen atoms in total. The Morgan fingerprint density at radius 3 is 2.55 bits per heavy atom. The van der Waals surface area contributed by atoms with E-state index in [1.165, 1.54) is 6.42 Å². The lowest BCUT2D eigenvalue weighted by Crippen LogP contribution is -2.44. The van der Waals surface area contributed by atoms with E-state index >= 15 is 0 Å². The summed E-state index contributed by atoms with van der Waals surface area (Å²) in [4.78, 5) is 18.3. The lowest BCUT2D eigenvalue weighted by Gasteiger charge is -2.38. The fourth-order valence-electron chi connectivity index (χ4n) is 3.08. The van der Waals surface area contributed by atoms with Gasteiger partial charge >= 0.3 is 0 Å². The van der Waals surface area contributed by atoms with Crippen LogP contribution < -0.4 is 5.32 Å².